The van der Waals surface area contributed by atoms with E-state index in [1.165, 1.54) is 23.1 Å². The van der Waals surface area contributed by atoms with Gasteiger partial charge in [-0.15, -0.1) is 0 Å². The maximum atomic E-state index is 14.1. The van der Waals surface area contributed by atoms with Crippen molar-refractivity contribution in [3.05, 3.63) is 112 Å². The molecule has 1 aliphatic rings. The normalized spacial score (nSPS) is 14.9. The van der Waals surface area contributed by atoms with E-state index in [0.717, 1.165) is 11.1 Å². The summed E-state index contributed by atoms with van der Waals surface area (Å²) in [7, 11) is 0. The highest BCUT2D eigenvalue weighted by Crippen LogP contribution is 2.29. The van der Waals surface area contributed by atoms with Gasteiger partial charge in [-0.25, -0.2) is 14.0 Å². The van der Waals surface area contributed by atoms with E-state index in [4.69, 9.17) is 16.3 Å². The second-order valence-electron chi connectivity index (χ2n) is 8.61. The third-order valence-electron chi connectivity index (χ3n) is 5.90. The number of amides is 3. The molecular weight excluding hydrogens is 511 g/mol. The van der Waals surface area contributed by atoms with Gasteiger partial charge < -0.3 is 20.3 Å². The van der Waals surface area contributed by atoms with Gasteiger partial charge in [0.2, 0.25) is 5.91 Å². The van der Waals surface area contributed by atoms with Gasteiger partial charge in [0, 0.05) is 24.0 Å². The van der Waals surface area contributed by atoms with E-state index in [-0.39, 0.29) is 43.3 Å². The van der Waals surface area contributed by atoms with Gasteiger partial charge in [-0.1, -0.05) is 41.9 Å². The van der Waals surface area contributed by atoms with Gasteiger partial charge in [0.25, 0.3) is 0 Å². The number of rotatable bonds is 9. The van der Waals surface area contributed by atoms with Crippen LogP contribution in [0.1, 0.15) is 29.7 Å². The Morgan fingerprint density at radius 1 is 1.08 bits per heavy atom. The molecule has 0 spiro atoms. The minimum Gasteiger partial charge on any atom is -0.463 e. The lowest BCUT2D eigenvalue weighted by molar-refractivity contribution is -0.139. The molecule has 0 aliphatic carbocycles. The average molecular weight is 537 g/mol. The number of hydrogen-bond donors (Lipinski definition) is 2. The zero-order valence-electron chi connectivity index (χ0n) is 20.6. The van der Waals surface area contributed by atoms with Gasteiger partial charge in [-0.2, -0.15) is 0 Å². The van der Waals surface area contributed by atoms with Crippen LogP contribution in [0.4, 0.5) is 9.18 Å². The maximum Gasteiger partial charge on any atom is 0.338 e. The van der Waals surface area contributed by atoms with Gasteiger partial charge in [-0.3, -0.25) is 9.78 Å². The SMILES string of the molecule is CCOC(=O)C1=C(CN(Cc2cccnc2)C(=O)Cc2ccc(Cl)cc2)NC(=O)N[C@H]1c1cccc(F)c1. The van der Waals surface area contributed by atoms with Crippen LogP contribution in [-0.4, -0.2) is 40.9 Å². The Hall–Kier alpha value is -4.24. The second kappa shape index (κ2) is 12.3. The van der Waals surface area contributed by atoms with Crippen molar-refractivity contribution < 1.29 is 23.5 Å². The average Bonchev–Trinajstić information content (AvgIpc) is 2.90. The van der Waals surface area contributed by atoms with Gasteiger partial charge in [0.05, 0.1) is 36.9 Å². The Bertz CT molecular complexity index is 1350. The first kappa shape index (κ1) is 26.8. The third kappa shape index (κ3) is 6.74. The topological polar surface area (TPSA) is 101 Å². The second-order valence-corrected chi connectivity index (χ2v) is 9.05. The van der Waals surface area contributed by atoms with Gasteiger partial charge in [-0.05, 0) is 53.9 Å². The lowest BCUT2D eigenvalue weighted by atomic mass is 9.94. The van der Waals surface area contributed by atoms with Crippen molar-refractivity contribution >= 4 is 29.5 Å². The highest BCUT2D eigenvalue weighted by atomic mass is 35.5. The number of nitrogens with zero attached hydrogens (tertiary/aromatic N) is 2. The lowest BCUT2D eigenvalue weighted by Crippen LogP contribution is -2.49. The number of ether oxygens (including phenoxy) is 1. The van der Waals surface area contributed by atoms with Crippen LogP contribution < -0.4 is 10.6 Å². The van der Waals surface area contributed by atoms with E-state index in [2.05, 4.69) is 15.6 Å². The van der Waals surface area contributed by atoms with E-state index in [9.17, 15) is 18.8 Å². The van der Waals surface area contributed by atoms with Crippen molar-refractivity contribution in [2.24, 2.45) is 0 Å². The minimum atomic E-state index is -0.972. The van der Waals surface area contributed by atoms with Crippen molar-refractivity contribution in [3.63, 3.8) is 0 Å². The zero-order valence-corrected chi connectivity index (χ0v) is 21.4. The predicted octanol–water partition coefficient (Wildman–Crippen LogP) is 4.32. The molecule has 38 heavy (non-hydrogen) atoms. The highest BCUT2D eigenvalue weighted by Gasteiger charge is 2.35. The molecule has 8 nitrogen and oxygen atoms in total. The molecule has 3 amide bonds. The van der Waals surface area contributed by atoms with Gasteiger partial charge >= 0.3 is 12.0 Å². The van der Waals surface area contributed by atoms with E-state index in [1.807, 2.05) is 6.07 Å². The van der Waals surface area contributed by atoms with Crippen LogP contribution in [0.25, 0.3) is 0 Å². The molecule has 1 aliphatic heterocycles. The maximum absolute atomic E-state index is 14.1. The molecule has 0 fully saturated rings. The van der Waals surface area contributed by atoms with Crippen LogP contribution in [-0.2, 0) is 27.3 Å². The molecule has 10 heteroatoms. The summed E-state index contributed by atoms with van der Waals surface area (Å²) in [6.07, 6.45) is 3.33. The van der Waals surface area contributed by atoms with E-state index in [0.29, 0.717) is 10.6 Å². The Labute approximate surface area is 224 Å². The predicted molar refractivity (Wildman–Crippen MR) is 139 cm³/mol. The first-order valence-corrected chi connectivity index (χ1v) is 12.4. The summed E-state index contributed by atoms with van der Waals surface area (Å²) in [5.41, 5.74) is 2.16. The van der Waals surface area contributed by atoms with Crippen molar-refractivity contribution in [2.45, 2.75) is 25.9 Å². The molecule has 196 valence electrons. The van der Waals surface area contributed by atoms with Crippen molar-refractivity contribution in [1.29, 1.82) is 0 Å². The molecule has 2 aromatic carbocycles. The summed E-state index contributed by atoms with van der Waals surface area (Å²) in [5.74, 6) is -1.45. The summed E-state index contributed by atoms with van der Waals surface area (Å²) in [5, 5.41) is 5.90. The fourth-order valence-electron chi connectivity index (χ4n) is 4.15. The number of hydrogen-bond acceptors (Lipinski definition) is 5. The van der Waals surface area contributed by atoms with E-state index < -0.39 is 23.9 Å². The summed E-state index contributed by atoms with van der Waals surface area (Å²) >= 11 is 5.98. The zero-order chi connectivity index (χ0) is 27.1. The number of benzene rings is 2. The molecule has 0 saturated heterocycles. The first-order valence-electron chi connectivity index (χ1n) is 12.0. The van der Waals surface area contributed by atoms with Crippen LogP contribution in [0.5, 0.6) is 0 Å². The molecular formula is C28H26ClFN4O4. The minimum absolute atomic E-state index is 0.0684. The van der Waals surface area contributed by atoms with Crippen molar-refractivity contribution in [3.8, 4) is 0 Å². The molecule has 2 heterocycles. The summed E-state index contributed by atoms with van der Waals surface area (Å²) in [6.45, 7) is 1.82. The Balaban J connectivity index is 1.73. The van der Waals surface area contributed by atoms with Crippen LogP contribution in [0, 0.1) is 5.82 Å². The Kier molecular flexibility index (Phi) is 8.70. The summed E-state index contributed by atoms with van der Waals surface area (Å²) in [6, 6.07) is 14.6. The fourth-order valence-corrected chi connectivity index (χ4v) is 4.28. The number of pyridine rings is 1. The number of urea groups is 1. The molecule has 0 bridgehead atoms. The third-order valence-corrected chi connectivity index (χ3v) is 6.15. The fraction of sp³-hybridized carbons (Fsp3) is 0.214. The van der Waals surface area contributed by atoms with Crippen LogP contribution in [0.2, 0.25) is 5.02 Å². The van der Waals surface area contributed by atoms with Crippen molar-refractivity contribution in [1.82, 2.24) is 20.5 Å². The van der Waals surface area contributed by atoms with E-state index in [1.54, 1.807) is 55.7 Å². The number of nitrogens with one attached hydrogen (secondary N) is 2. The van der Waals surface area contributed by atoms with Gasteiger partial charge in [0.1, 0.15) is 5.82 Å². The van der Waals surface area contributed by atoms with Crippen molar-refractivity contribution in [2.75, 3.05) is 13.2 Å². The summed E-state index contributed by atoms with van der Waals surface area (Å²) < 4.78 is 19.3. The molecule has 2 N–H and O–H groups in total. The number of carbonyl (C=O) groups is 3. The largest absolute Gasteiger partial charge is 0.463 e. The number of halogens is 2. The van der Waals surface area contributed by atoms with Gasteiger partial charge in [0.15, 0.2) is 0 Å². The standard InChI is InChI=1S/C28H26ClFN4O4/c1-2-38-27(36)25-23(32-28(37)33-26(25)20-6-3-7-22(30)14-20)17-34(16-19-5-4-12-31-15-19)24(35)13-18-8-10-21(29)11-9-18/h3-12,14-15,26H,2,13,16-17H2,1H3,(H2,32,33,37)/t26-/m0/s1. The molecule has 0 saturated carbocycles. The molecule has 4 rings (SSSR count). The Morgan fingerprint density at radius 3 is 2.55 bits per heavy atom. The van der Waals surface area contributed by atoms with Crippen LogP contribution in [0.15, 0.2) is 84.3 Å². The molecule has 0 radical (unpaired) electrons. The molecule has 3 aromatic rings. The number of carbonyl (C=O) groups excluding carboxylic acids is 3. The smallest absolute Gasteiger partial charge is 0.338 e. The molecule has 0 unspecified atom stereocenters. The summed E-state index contributed by atoms with van der Waals surface area (Å²) in [4.78, 5) is 45.0. The first-order chi connectivity index (χ1) is 18.3. The molecule has 1 atom stereocenters. The highest BCUT2D eigenvalue weighted by molar-refractivity contribution is 6.30. The number of esters is 1. The number of aromatic nitrogens is 1. The molecule has 1 aromatic heterocycles. The Morgan fingerprint density at radius 2 is 1.87 bits per heavy atom. The lowest BCUT2D eigenvalue weighted by Gasteiger charge is -2.32. The van der Waals surface area contributed by atoms with Crippen LogP contribution in [0.3, 0.4) is 0 Å². The monoisotopic (exact) mass is 536 g/mol. The quantitative estimate of drug-likeness (QED) is 0.397. The van der Waals surface area contributed by atoms with Crippen LogP contribution >= 0.6 is 11.6 Å². The van der Waals surface area contributed by atoms with E-state index >= 15 is 0 Å².